The van der Waals surface area contributed by atoms with Crippen LogP contribution >= 0.6 is 11.8 Å². The molecule has 0 amide bonds. The van der Waals surface area contributed by atoms with Gasteiger partial charge in [-0.1, -0.05) is 6.08 Å². The van der Waals surface area contributed by atoms with E-state index in [1.807, 2.05) is 6.08 Å². The van der Waals surface area contributed by atoms with Gasteiger partial charge >= 0.3 is 6.18 Å². The number of allylic oxidation sites excluding steroid dienone is 1. The van der Waals surface area contributed by atoms with Gasteiger partial charge in [0.2, 0.25) is 16.0 Å². The lowest BCUT2D eigenvalue weighted by Gasteiger charge is -2.45. The maximum Gasteiger partial charge on any atom is 0.421 e. The number of piperazine rings is 1. The average Bonchev–Trinajstić information content (AvgIpc) is 3.44. The number of sulfonamides is 1. The van der Waals surface area contributed by atoms with Crippen LogP contribution < -0.4 is 4.90 Å². The van der Waals surface area contributed by atoms with Gasteiger partial charge in [-0.15, -0.1) is 11.8 Å². The van der Waals surface area contributed by atoms with Gasteiger partial charge in [0.1, 0.15) is 4.58 Å². The van der Waals surface area contributed by atoms with Crippen molar-refractivity contribution in [2.24, 2.45) is 0 Å². The van der Waals surface area contributed by atoms with Crippen molar-refractivity contribution in [2.45, 2.75) is 60.4 Å². The third-order valence-electron chi connectivity index (χ3n) is 7.68. The first-order valence-electron chi connectivity index (χ1n) is 12.1. The number of ether oxygens (including phenoxy) is 1. The Kier molecular flexibility index (Phi) is 7.26. The molecule has 4 aliphatic rings. The molecular weight excluding hydrogens is 535 g/mol. The summed E-state index contributed by atoms with van der Waals surface area (Å²) >= 11 is 1.27. The van der Waals surface area contributed by atoms with Crippen LogP contribution in [-0.2, 0) is 20.4 Å². The fourth-order valence-corrected chi connectivity index (χ4v) is 8.51. The zero-order valence-electron chi connectivity index (χ0n) is 20.2. The van der Waals surface area contributed by atoms with E-state index in [4.69, 9.17) is 4.74 Å². The Balaban J connectivity index is 1.41. The quantitative estimate of drug-likeness (QED) is 0.515. The fourth-order valence-electron chi connectivity index (χ4n) is 5.37. The van der Waals surface area contributed by atoms with E-state index in [9.17, 15) is 31.8 Å². The minimum atomic E-state index is -4.90. The summed E-state index contributed by atoms with van der Waals surface area (Å²) in [6.45, 7) is 2.46. The molecule has 0 spiro atoms. The molecule has 0 radical (unpaired) electrons. The van der Waals surface area contributed by atoms with Gasteiger partial charge in [0.25, 0.3) is 0 Å². The Morgan fingerprint density at radius 1 is 1.22 bits per heavy atom. The van der Waals surface area contributed by atoms with Crippen LogP contribution in [0.4, 0.5) is 19.1 Å². The monoisotopic (exact) mass is 565 g/mol. The summed E-state index contributed by atoms with van der Waals surface area (Å²) in [7, 11) is -3.59. The van der Waals surface area contributed by atoms with Crippen LogP contribution in [0.5, 0.6) is 0 Å². The number of fused-ring (bicyclic) bond motifs is 2. The Labute approximate surface area is 217 Å². The van der Waals surface area contributed by atoms with Gasteiger partial charge < -0.3 is 19.8 Å². The summed E-state index contributed by atoms with van der Waals surface area (Å²) in [5.41, 5.74) is -3.59. The second-order valence-corrected chi connectivity index (χ2v) is 13.6. The van der Waals surface area contributed by atoms with Crippen molar-refractivity contribution >= 4 is 27.7 Å². The number of halogens is 3. The first-order valence-corrected chi connectivity index (χ1v) is 14.5. The van der Waals surface area contributed by atoms with Crippen LogP contribution in [0.2, 0.25) is 0 Å². The highest BCUT2D eigenvalue weighted by Crippen LogP contribution is 2.38. The van der Waals surface area contributed by atoms with Crippen LogP contribution in [0.25, 0.3) is 0 Å². The van der Waals surface area contributed by atoms with Crippen molar-refractivity contribution in [1.82, 2.24) is 19.2 Å². The van der Waals surface area contributed by atoms with Crippen molar-refractivity contribution < 1.29 is 36.5 Å². The van der Waals surface area contributed by atoms with Gasteiger partial charge in [-0.2, -0.15) is 17.5 Å². The molecule has 0 aliphatic carbocycles. The summed E-state index contributed by atoms with van der Waals surface area (Å²) in [6, 6.07) is -0.639. The van der Waals surface area contributed by atoms with Gasteiger partial charge in [0, 0.05) is 50.2 Å². The van der Waals surface area contributed by atoms with Crippen LogP contribution in [0, 0.1) is 0 Å². The van der Waals surface area contributed by atoms with Gasteiger partial charge in [0.05, 0.1) is 31.4 Å². The van der Waals surface area contributed by atoms with Crippen LogP contribution in [0.3, 0.4) is 0 Å². The van der Waals surface area contributed by atoms with Gasteiger partial charge in [-0.05, 0) is 25.2 Å². The van der Waals surface area contributed by atoms with Crippen molar-refractivity contribution in [3.8, 4) is 0 Å². The fraction of sp³-hybridized carbons (Fsp3) is 0.727. The molecule has 37 heavy (non-hydrogen) atoms. The van der Waals surface area contributed by atoms with E-state index < -0.39 is 44.1 Å². The topological polar surface area (TPSA) is 119 Å². The van der Waals surface area contributed by atoms with Crippen LogP contribution in [-0.4, -0.2) is 112 Å². The third-order valence-corrected chi connectivity index (χ3v) is 11.5. The van der Waals surface area contributed by atoms with E-state index in [2.05, 4.69) is 14.9 Å². The van der Waals surface area contributed by atoms with Crippen LogP contribution in [0.1, 0.15) is 25.3 Å². The number of aliphatic hydroxyl groups excluding tert-OH is 1. The molecule has 2 N–H and O–H groups in total. The van der Waals surface area contributed by atoms with Crippen molar-refractivity contribution in [3.63, 3.8) is 0 Å². The van der Waals surface area contributed by atoms with Gasteiger partial charge in [-0.3, -0.25) is 4.90 Å². The summed E-state index contributed by atoms with van der Waals surface area (Å²) in [6.07, 6.45) is -0.714. The lowest BCUT2D eigenvalue weighted by atomic mass is 9.99. The van der Waals surface area contributed by atoms with Gasteiger partial charge in [-0.25, -0.2) is 18.4 Å². The SMILES string of the molecule is C[C@@](O)(c1cnc(N2CCN(S(=O)(=O)C3CC=CS3)C[C@@H]2CN2[C@H]3COC[C@@H]2[C@H](O)C3)nc1)C(F)(F)F. The smallest absolute Gasteiger partial charge is 0.391 e. The molecule has 2 bridgehead atoms. The number of alkyl halides is 3. The summed E-state index contributed by atoms with van der Waals surface area (Å²) < 4.78 is 72.9. The summed E-state index contributed by atoms with van der Waals surface area (Å²) in [5, 5.41) is 22.2. The number of thioether (sulfide) groups is 1. The Morgan fingerprint density at radius 2 is 1.95 bits per heavy atom. The normalized spacial score (nSPS) is 33.1. The average molecular weight is 566 g/mol. The largest absolute Gasteiger partial charge is 0.421 e. The molecule has 4 aliphatic heterocycles. The number of hydrogen-bond donors (Lipinski definition) is 2. The molecule has 10 nitrogen and oxygen atoms in total. The molecule has 0 saturated carbocycles. The number of hydrogen-bond acceptors (Lipinski definition) is 10. The molecule has 1 unspecified atom stereocenters. The Morgan fingerprint density at radius 3 is 2.57 bits per heavy atom. The number of rotatable bonds is 6. The second-order valence-electron chi connectivity index (χ2n) is 10.0. The molecule has 5 rings (SSSR count). The Bertz CT molecular complexity index is 1110. The molecule has 1 aromatic rings. The van der Waals surface area contributed by atoms with Crippen LogP contribution in [0.15, 0.2) is 23.9 Å². The highest BCUT2D eigenvalue weighted by atomic mass is 32.3. The van der Waals surface area contributed by atoms with Gasteiger partial charge in [0.15, 0.2) is 5.60 Å². The van der Waals surface area contributed by atoms with E-state index in [0.717, 1.165) is 12.4 Å². The molecule has 15 heteroatoms. The lowest BCUT2D eigenvalue weighted by molar-refractivity contribution is -0.259. The highest BCUT2D eigenvalue weighted by molar-refractivity contribution is 8.14. The molecule has 5 heterocycles. The van der Waals surface area contributed by atoms with E-state index in [1.165, 1.54) is 16.1 Å². The first-order chi connectivity index (χ1) is 17.4. The molecule has 3 fully saturated rings. The predicted octanol–water partition coefficient (Wildman–Crippen LogP) is 0.878. The predicted molar refractivity (Wildman–Crippen MR) is 130 cm³/mol. The van der Waals surface area contributed by atoms with E-state index in [1.54, 1.807) is 10.3 Å². The molecule has 0 aromatic carbocycles. The van der Waals surface area contributed by atoms with E-state index >= 15 is 0 Å². The minimum absolute atomic E-state index is 0.0117. The number of aliphatic hydroxyl groups is 2. The molecular formula is C22H30F3N5O5S2. The zero-order chi connectivity index (χ0) is 26.6. The standard InChI is InChI=1S/C22H30F3N5O5S2/c1-21(32,22(23,24)25)14-8-26-20(27-9-14)29-5-4-28(37(33,34)19-3-2-6-36-19)10-16(29)11-30-15-7-18(31)17(30)13-35-12-15/h2,6,8-9,15-19,31-32H,3-5,7,10-13H2,1H3/t15-,16-,17-,18-,19?,21-/m1/s1. The van der Waals surface area contributed by atoms with E-state index in [-0.39, 0.29) is 37.7 Å². The molecule has 3 saturated heterocycles. The van der Waals surface area contributed by atoms with Crippen molar-refractivity contribution in [1.29, 1.82) is 0 Å². The first kappa shape index (κ1) is 27.1. The lowest BCUT2D eigenvalue weighted by Crippen LogP contribution is -2.62. The number of nitrogens with zero attached hydrogens (tertiary/aromatic N) is 5. The number of aromatic nitrogens is 2. The Hall–Kier alpha value is -1.49. The highest BCUT2D eigenvalue weighted by Gasteiger charge is 2.52. The van der Waals surface area contributed by atoms with E-state index in [0.29, 0.717) is 39.5 Å². The number of anilines is 1. The molecule has 6 atom stereocenters. The van der Waals surface area contributed by atoms with Crippen molar-refractivity contribution in [3.05, 3.63) is 29.4 Å². The maximum absolute atomic E-state index is 13.3. The summed E-state index contributed by atoms with van der Waals surface area (Å²) in [4.78, 5) is 12.2. The second kappa shape index (κ2) is 9.92. The minimum Gasteiger partial charge on any atom is -0.391 e. The van der Waals surface area contributed by atoms with Crippen molar-refractivity contribution in [2.75, 3.05) is 44.3 Å². The molecule has 206 valence electrons. The summed E-state index contributed by atoms with van der Waals surface area (Å²) in [5.74, 6) is 0.154. The zero-order valence-corrected chi connectivity index (χ0v) is 21.8. The third kappa shape index (κ3) is 4.99. The maximum atomic E-state index is 13.3. The number of morpholine rings is 1. The molecule has 1 aromatic heterocycles.